The third kappa shape index (κ3) is 4.35. The average molecular weight is 467 g/mol. The Morgan fingerprint density at radius 2 is 2.03 bits per heavy atom. The Labute approximate surface area is 194 Å². The van der Waals surface area contributed by atoms with Crippen LogP contribution in [0, 0.1) is 5.92 Å². The van der Waals surface area contributed by atoms with E-state index in [4.69, 9.17) is 15.6 Å². The standard InChI is InChI=1S/C22H25N7O5/c1-13(2)17-12-34-22(33)29(17)18-7-8-27-19(25-18)16(11-24-27)14-3-5-15(6-4-14)20(31)26-28(9-10-30)21(23)32/h3-8,11,13,17,30H,9-10,12H2,1-2H3,(H2,23,32)(H,26,31)/t17-/m1/s1. The van der Waals surface area contributed by atoms with Gasteiger partial charge in [0.05, 0.1) is 25.4 Å². The van der Waals surface area contributed by atoms with Crippen LogP contribution in [-0.2, 0) is 4.74 Å². The number of aromatic nitrogens is 3. The number of amides is 4. The maximum atomic E-state index is 12.4. The summed E-state index contributed by atoms with van der Waals surface area (Å²) in [5, 5.41) is 14.2. The fraction of sp³-hybridized carbons (Fsp3) is 0.318. The molecular formula is C22H25N7O5. The number of ether oxygens (including phenoxy) is 1. The number of aliphatic hydroxyl groups is 1. The van der Waals surface area contributed by atoms with Gasteiger partial charge < -0.3 is 15.6 Å². The van der Waals surface area contributed by atoms with Crippen molar-refractivity contribution in [3.8, 4) is 11.1 Å². The lowest BCUT2D eigenvalue weighted by Crippen LogP contribution is -2.50. The molecular weight excluding hydrogens is 442 g/mol. The molecule has 178 valence electrons. The summed E-state index contributed by atoms with van der Waals surface area (Å²) < 4.78 is 6.84. The second-order valence-electron chi connectivity index (χ2n) is 8.10. The smallest absolute Gasteiger partial charge is 0.415 e. The van der Waals surface area contributed by atoms with Crippen molar-refractivity contribution >= 4 is 29.5 Å². The number of benzene rings is 1. The molecule has 4 amide bonds. The number of nitrogens with two attached hydrogens (primary N) is 1. The molecule has 0 bridgehead atoms. The number of aliphatic hydroxyl groups excluding tert-OH is 1. The van der Waals surface area contributed by atoms with Gasteiger partial charge in [0.2, 0.25) is 0 Å². The van der Waals surface area contributed by atoms with Gasteiger partial charge in [0.1, 0.15) is 12.4 Å². The van der Waals surface area contributed by atoms with Crippen LogP contribution in [0.4, 0.5) is 15.4 Å². The summed E-state index contributed by atoms with van der Waals surface area (Å²) in [5.41, 5.74) is 9.84. The summed E-state index contributed by atoms with van der Waals surface area (Å²) in [5.74, 6) is 0.114. The highest BCUT2D eigenvalue weighted by Gasteiger charge is 2.37. The number of rotatable bonds is 6. The molecule has 0 spiro atoms. The van der Waals surface area contributed by atoms with Crippen LogP contribution in [-0.4, -0.2) is 68.5 Å². The van der Waals surface area contributed by atoms with Crippen molar-refractivity contribution in [2.24, 2.45) is 11.7 Å². The summed E-state index contributed by atoms with van der Waals surface area (Å²) in [4.78, 5) is 42.4. The zero-order chi connectivity index (χ0) is 24.4. The minimum absolute atomic E-state index is 0.114. The highest BCUT2D eigenvalue weighted by molar-refractivity contribution is 5.96. The Morgan fingerprint density at radius 3 is 2.68 bits per heavy atom. The first-order valence-corrected chi connectivity index (χ1v) is 10.7. The summed E-state index contributed by atoms with van der Waals surface area (Å²) in [7, 11) is 0. The molecule has 12 heteroatoms. The molecule has 0 aliphatic carbocycles. The SMILES string of the molecule is CC(C)[C@H]1COC(=O)N1c1ccn2ncc(-c3ccc(C(=O)NN(CCO)C(N)=O)cc3)c2n1. The highest BCUT2D eigenvalue weighted by Crippen LogP contribution is 2.29. The monoisotopic (exact) mass is 467 g/mol. The minimum Gasteiger partial charge on any atom is -0.447 e. The number of hydrogen-bond donors (Lipinski definition) is 3. The molecule has 1 aromatic carbocycles. The van der Waals surface area contributed by atoms with Crippen LogP contribution in [0.25, 0.3) is 16.8 Å². The number of primary amides is 1. The third-order valence-electron chi connectivity index (χ3n) is 5.56. The molecule has 1 aliphatic heterocycles. The third-order valence-corrected chi connectivity index (χ3v) is 5.56. The molecule has 3 aromatic rings. The molecule has 2 aromatic heterocycles. The van der Waals surface area contributed by atoms with Gasteiger partial charge in [-0.2, -0.15) is 5.10 Å². The summed E-state index contributed by atoms with van der Waals surface area (Å²) in [6.45, 7) is 3.88. The van der Waals surface area contributed by atoms with Gasteiger partial charge in [-0.1, -0.05) is 26.0 Å². The molecule has 4 N–H and O–H groups in total. The van der Waals surface area contributed by atoms with Crippen LogP contribution < -0.4 is 16.1 Å². The van der Waals surface area contributed by atoms with Gasteiger partial charge in [-0.25, -0.2) is 24.1 Å². The Morgan fingerprint density at radius 1 is 1.29 bits per heavy atom. The van der Waals surface area contributed by atoms with E-state index in [1.165, 1.54) is 0 Å². The van der Waals surface area contributed by atoms with Crippen molar-refractivity contribution in [3.63, 3.8) is 0 Å². The van der Waals surface area contributed by atoms with E-state index in [-0.39, 0.29) is 30.7 Å². The van der Waals surface area contributed by atoms with E-state index < -0.39 is 18.0 Å². The molecule has 1 saturated heterocycles. The van der Waals surface area contributed by atoms with E-state index in [9.17, 15) is 14.4 Å². The fourth-order valence-electron chi connectivity index (χ4n) is 3.70. The molecule has 34 heavy (non-hydrogen) atoms. The molecule has 0 unspecified atom stereocenters. The summed E-state index contributed by atoms with van der Waals surface area (Å²) >= 11 is 0. The first-order valence-electron chi connectivity index (χ1n) is 10.7. The number of hydrogen-bond acceptors (Lipinski definition) is 7. The fourth-order valence-corrected chi connectivity index (χ4v) is 3.70. The zero-order valence-electron chi connectivity index (χ0n) is 18.7. The van der Waals surface area contributed by atoms with Gasteiger partial charge in [-0.15, -0.1) is 0 Å². The van der Waals surface area contributed by atoms with Crippen LogP contribution >= 0.6 is 0 Å². The Hall–Kier alpha value is -4.19. The molecule has 4 rings (SSSR count). The van der Waals surface area contributed by atoms with Crippen molar-refractivity contribution in [3.05, 3.63) is 48.3 Å². The van der Waals surface area contributed by atoms with Crippen LogP contribution in [0.1, 0.15) is 24.2 Å². The van der Waals surface area contributed by atoms with Gasteiger partial charge in [0.25, 0.3) is 5.91 Å². The first kappa shape index (κ1) is 23.0. The number of anilines is 1. The number of nitrogens with zero attached hydrogens (tertiary/aromatic N) is 5. The number of fused-ring (bicyclic) bond motifs is 1. The molecule has 1 aliphatic rings. The topological polar surface area (TPSA) is 155 Å². The summed E-state index contributed by atoms with van der Waals surface area (Å²) in [6.07, 6.45) is 2.95. The van der Waals surface area contributed by atoms with Crippen LogP contribution in [0.5, 0.6) is 0 Å². The van der Waals surface area contributed by atoms with Crippen molar-refractivity contribution in [1.29, 1.82) is 0 Å². The first-order chi connectivity index (χ1) is 16.3. The second kappa shape index (κ2) is 9.35. The molecule has 0 radical (unpaired) electrons. The van der Waals surface area contributed by atoms with Crippen molar-refractivity contribution < 1.29 is 24.2 Å². The van der Waals surface area contributed by atoms with E-state index in [0.717, 1.165) is 10.6 Å². The Balaban J connectivity index is 1.60. The second-order valence-corrected chi connectivity index (χ2v) is 8.10. The van der Waals surface area contributed by atoms with E-state index in [1.54, 1.807) is 52.1 Å². The molecule has 12 nitrogen and oxygen atoms in total. The summed E-state index contributed by atoms with van der Waals surface area (Å²) in [6, 6.07) is 7.34. The van der Waals surface area contributed by atoms with Gasteiger partial charge >= 0.3 is 12.1 Å². The van der Waals surface area contributed by atoms with Crippen LogP contribution in [0.3, 0.4) is 0 Å². The predicted molar refractivity (Wildman–Crippen MR) is 122 cm³/mol. The van der Waals surface area contributed by atoms with E-state index >= 15 is 0 Å². The number of hydrazine groups is 1. The molecule has 3 heterocycles. The van der Waals surface area contributed by atoms with Crippen molar-refractivity contribution in [1.82, 2.24) is 25.0 Å². The largest absolute Gasteiger partial charge is 0.447 e. The number of carbonyl (C=O) groups excluding carboxylic acids is 3. The zero-order valence-corrected chi connectivity index (χ0v) is 18.7. The van der Waals surface area contributed by atoms with Crippen LogP contribution in [0.2, 0.25) is 0 Å². The lowest BCUT2D eigenvalue weighted by atomic mass is 10.0. The van der Waals surface area contributed by atoms with Gasteiger partial charge in [-0.3, -0.25) is 15.1 Å². The van der Waals surface area contributed by atoms with E-state index in [0.29, 0.717) is 23.6 Å². The van der Waals surface area contributed by atoms with Crippen molar-refractivity contribution in [2.75, 3.05) is 24.7 Å². The lowest BCUT2D eigenvalue weighted by molar-refractivity contribution is 0.0810. The van der Waals surface area contributed by atoms with Crippen molar-refractivity contribution in [2.45, 2.75) is 19.9 Å². The number of cyclic esters (lactones) is 1. The quantitative estimate of drug-likeness (QED) is 0.463. The number of carbonyl (C=O) groups is 3. The van der Waals surface area contributed by atoms with E-state index in [2.05, 4.69) is 15.5 Å². The molecule has 1 fully saturated rings. The van der Waals surface area contributed by atoms with Gasteiger partial charge in [0.15, 0.2) is 5.65 Å². The van der Waals surface area contributed by atoms with Crippen LogP contribution in [0.15, 0.2) is 42.7 Å². The number of urea groups is 1. The Bertz CT molecular complexity index is 1220. The molecule has 1 atom stereocenters. The lowest BCUT2D eigenvalue weighted by Gasteiger charge is -2.23. The maximum Gasteiger partial charge on any atom is 0.415 e. The molecule has 0 saturated carbocycles. The predicted octanol–water partition coefficient (Wildman–Crippen LogP) is 1.40. The Kier molecular flexibility index (Phi) is 6.32. The van der Waals surface area contributed by atoms with Gasteiger partial charge in [0, 0.05) is 17.3 Å². The highest BCUT2D eigenvalue weighted by atomic mass is 16.6. The number of nitrogens with one attached hydrogen (secondary N) is 1. The van der Waals surface area contributed by atoms with Gasteiger partial charge in [-0.05, 0) is 29.7 Å². The minimum atomic E-state index is -0.881. The maximum absolute atomic E-state index is 12.4. The normalized spacial score (nSPS) is 15.6. The van der Waals surface area contributed by atoms with E-state index in [1.807, 2.05) is 13.8 Å². The average Bonchev–Trinajstić information content (AvgIpc) is 3.41.